The van der Waals surface area contributed by atoms with Gasteiger partial charge in [0, 0.05) is 41.0 Å². The zero-order valence-corrected chi connectivity index (χ0v) is 25.1. The molecule has 9 rings (SSSR count). The fourth-order valence-electron chi connectivity index (χ4n) is 10.6. The molecule has 2 aromatic heterocycles. The van der Waals surface area contributed by atoms with Gasteiger partial charge in [0.1, 0.15) is 11.5 Å². The maximum Gasteiger partial charge on any atom is 0.123 e. The van der Waals surface area contributed by atoms with E-state index < -0.39 is 5.60 Å². The molecule has 5 aliphatic heterocycles. The number of nitrogens with one attached hydrogen (secondary N) is 1. The van der Waals surface area contributed by atoms with Gasteiger partial charge in [-0.3, -0.25) is 9.88 Å². The first kappa shape index (κ1) is 26.7. The second-order valence-electron chi connectivity index (χ2n) is 14.5. The van der Waals surface area contributed by atoms with Gasteiger partial charge < -0.3 is 24.8 Å². The van der Waals surface area contributed by atoms with E-state index >= 15 is 0 Å². The van der Waals surface area contributed by atoms with Crippen LogP contribution < -0.4 is 0 Å². The Bertz CT molecular complexity index is 1650. The molecule has 7 heteroatoms. The standard InChI is InChI=1S/C36H44N4O3/c41-24-9-10-30-27(20-24)26-12-16-37-31(32(26)38-30)28-21-35(42)14-5-3-1-2-4-6-17-39-19-13-29(28)34(23-39)22-36-15-11-25(43-36)8-7-18-40(36)33(34)35/h1,3,9-10,12,16,20-21,25,29,33,38,41-42H,2,4-8,11,13-15,17-19,22-23H2/b3-1-/t25?,29-,33+,34-,35-,36?/m0/s1. The number of piperidine rings is 1. The summed E-state index contributed by atoms with van der Waals surface area (Å²) in [5, 5.41) is 25.6. The Morgan fingerprint density at radius 2 is 1.88 bits per heavy atom. The summed E-state index contributed by atoms with van der Waals surface area (Å²) in [5.74, 6) is 0.557. The van der Waals surface area contributed by atoms with Gasteiger partial charge >= 0.3 is 0 Å². The fraction of sp³-hybridized carbons (Fsp3) is 0.583. The fourth-order valence-corrected chi connectivity index (χ4v) is 10.6. The van der Waals surface area contributed by atoms with Crippen LogP contribution in [0, 0.1) is 11.3 Å². The van der Waals surface area contributed by atoms with E-state index in [1.165, 1.54) is 18.4 Å². The molecular weight excluding hydrogens is 536 g/mol. The number of pyridine rings is 1. The van der Waals surface area contributed by atoms with Gasteiger partial charge in [0.2, 0.25) is 0 Å². The summed E-state index contributed by atoms with van der Waals surface area (Å²) in [6.45, 7) is 4.23. The number of phenols is 1. The third kappa shape index (κ3) is 3.90. The molecule has 1 aliphatic carbocycles. The number of phenolic OH excluding ortho intramolecular Hbond substituents is 1. The van der Waals surface area contributed by atoms with Gasteiger partial charge in [-0.15, -0.1) is 0 Å². The van der Waals surface area contributed by atoms with Crippen LogP contribution in [0.4, 0.5) is 0 Å². The Labute approximate surface area is 253 Å². The van der Waals surface area contributed by atoms with Crippen molar-refractivity contribution in [2.45, 2.75) is 94.1 Å². The number of fused-ring (bicyclic) bond motifs is 5. The lowest BCUT2D eigenvalue weighted by Gasteiger charge is -2.58. The summed E-state index contributed by atoms with van der Waals surface area (Å²) in [6.07, 6.45) is 20.9. The Morgan fingerprint density at radius 1 is 0.953 bits per heavy atom. The Balaban J connectivity index is 1.27. The van der Waals surface area contributed by atoms with Crippen molar-refractivity contribution in [1.82, 2.24) is 19.8 Å². The van der Waals surface area contributed by atoms with Gasteiger partial charge in [-0.1, -0.05) is 12.2 Å². The van der Waals surface area contributed by atoms with Crippen molar-refractivity contribution >= 4 is 27.4 Å². The minimum Gasteiger partial charge on any atom is -0.508 e. The van der Waals surface area contributed by atoms with Crippen molar-refractivity contribution in [3.05, 3.63) is 54.4 Å². The zero-order valence-electron chi connectivity index (χ0n) is 25.1. The Morgan fingerprint density at radius 3 is 2.84 bits per heavy atom. The van der Waals surface area contributed by atoms with Crippen molar-refractivity contribution in [1.29, 1.82) is 0 Å². The number of H-pyrrole nitrogens is 1. The lowest BCUT2D eigenvalue weighted by molar-refractivity contribution is -0.145. The highest BCUT2D eigenvalue weighted by molar-refractivity contribution is 6.10. The number of hydrogen-bond acceptors (Lipinski definition) is 6. The first-order valence-corrected chi connectivity index (χ1v) is 16.8. The average molecular weight is 581 g/mol. The summed E-state index contributed by atoms with van der Waals surface area (Å²) < 4.78 is 7.07. The van der Waals surface area contributed by atoms with Gasteiger partial charge in [0.15, 0.2) is 0 Å². The molecule has 2 spiro atoms. The average Bonchev–Trinajstić information content (AvgIpc) is 3.61. The van der Waals surface area contributed by atoms with Crippen molar-refractivity contribution in [3.63, 3.8) is 0 Å². The van der Waals surface area contributed by atoms with Gasteiger partial charge in [0.25, 0.3) is 0 Å². The number of aromatic amines is 1. The molecule has 7 heterocycles. The molecule has 6 aliphatic rings. The second-order valence-corrected chi connectivity index (χ2v) is 14.5. The predicted molar refractivity (Wildman–Crippen MR) is 169 cm³/mol. The maximum absolute atomic E-state index is 13.2. The maximum atomic E-state index is 13.2. The molecule has 1 aromatic carbocycles. The smallest absolute Gasteiger partial charge is 0.123 e. The highest BCUT2D eigenvalue weighted by Gasteiger charge is 2.71. The molecule has 3 N–H and O–H groups in total. The first-order chi connectivity index (χ1) is 21.0. The number of allylic oxidation sites excluding steroid dienone is 3. The lowest BCUT2D eigenvalue weighted by atomic mass is 9.54. The molecule has 4 saturated heterocycles. The quantitative estimate of drug-likeness (QED) is 0.301. The number of ether oxygens (including phenoxy) is 1. The van der Waals surface area contributed by atoms with Crippen LogP contribution in [0.1, 0.15) is 76.3 Å². The third-order valence-corrected chi connectivity index (χ3v) is 12.1. The van der Waals surface area contributed by atoms with Crippen molar-refractivity contribution in [3.8, 4) is 5.75 Å². The van der Waals surface area contributed by atoms with E-state index in [2.05, 4.69) is 39.1 Å². The van der Waals surface area contributed by atoms with Gasteiger partial charge in [-0.2, -0.15) is 0 Å². The van der Waals surface area contributed by atoms with E-state index in [9.17, 15) is 10.2 Å². The molecule has 0 saturated carbocycles. The molecule has 226 valence electrons. The number of aromatic nitrogens is 2. The van der Waals surface area contributed by atoms with Crippen LogP contribution in [0.25, 0.3) is 27.4 Å². The number of aromatic hydroxyl groups is 1. The molecule has 7 nitrogen and oxygen atoms in total. The molecule has 3 unspecified atom stereocenters. The van der Waals surface area contributed by atoms with E-state index in [1.807, 2.05) is 18.3 Å². The molecule has 4 fully saturated rings. The van der Waals surface area contributed by atoms with Crippen LogP contribution in [-0.4, -0.2) is 79.6 Å². The molecule has 0 radical (unpaired) electrons. The highest BCUT2D eigenvalue weighted by atomic mass is 16.5. The van der Waals surface area contributed by atoms with E-state index in [1.54, 1.807) is 6.07 Å². The summed E-state index contributed by atoms with van der Waals surface area (Å²) in [4.78, 5) is 14.2. The third-order valence-electron chi connectivity index (χ3n) is 12.1. The van der Waals surface area contributed by atoms with Crippen molar-refractivity contribution < 1.29 is 14.9 Å². The first-order valence-electron chi connectivity index (χ1n) is 16.8. The summed E-state index contributed by atoms with van der Waals surface area (Å²) in [7, 11) is 0. The van der Waals surface area contributed by atoms with Gasteiger partial charge in [-0.05, 0) is 126 Å². The highest BCUT2D eigenvalue weighted by Crippen LogP contribution is 2.66. The monoisotopic (exact) mass is 580 g/mol. The van der Waals surface area contributed by atoms with E-state index in [0.29, 0.717) is 12.5 Å². The Kier molecular flexibility index (Phi) is 5.98. The molecule has 0 amide bonds. The minimum atomic E-state index is -0.989. The van der Waals surface area contributed by atoms with Crippen molar-refractivity contribution in [2.75, 3.05) is 26.2 Å². The lowest BCUT2D eigenvalue weighted by Crippen LogP contribution is -2.66. The summed E-state index contributed by atoms with van der Waals surface area (Å²) in [5.41, 5.74) is 2.81. The van der Waals surface area contributed by atoms with Crippen LogP contribution in [0.15, 0.2) is 48.7 Å². The topological polar surface area (TPSA) is 84.9 Å². The number of hydrogen-bond donors (Lipinski definition) is 3. The number of aliphatic hydroxyl groups is 1. The van der Waals surface area contributed by atoms with Crippen LogP contribution in [0.5, 0.6) is 5.75 Å². The van der Waals surface area contributed by atoms with Crippen LogP contribution >= 0.6 is 0 Å². The SMILES string of the molecule is Oc1ccc2[nH]c3c(C4=C[C@@]5(O)CC/C=C\CCCCN6CC[C@@H]4[C@@]4(C6)CC67CCC(CCCN6[C@H]45)O7)nccc3c2c1. The van der Waals surface area contributed by atoms with Gasteiger partial charge in [-0.25, -0.2) is 0 Å². The van der Waals surface area contributed by atoms with Crippen LogP contribution in [-0.2, 0) is 4.74 Å². The van der Waals surface area contributed by atoms with E-state index in [-0.39, 0.29) is 28.8 Å². The Hall–Kier alpha value is -2.71. The summed E-state index contributed by atoms with van der Waals surface area (Å²) in [6, 6.07) is 7.62. The van der Waals surface area contributed by atoms with Crippen LogP contribution in [0.2, 0.25) is 0 Å². The normalized spacial score (nSPS) is 40.3. The van der Waals surface area contributed by atoms with E-state index in [4.69, 9.17) is 9.72 Å². The largest absolute Gasteiger partial charge is 0.508 e. The second kappa shape index (κ2) is 9.64. The molecule has 43 heavy (non-hydrogen) atoms. The molecule has 3 aromatic rings. The van der Waals surface area contributed by atoms with Crippen LogP contribution in [0.3, 0.4) is 0 Å². The molecular formula is C36H44N4O3. The number of benzene rings is 1. The van der Waals surface area contributed by atoms with E-state index in [0.717, 1.165) is 105 Å². The number of rotatable bonds is 1. The zero-order chi connectivity index (χ0) is 28.8. The van der Waals surface area contributed by atoms with Crippen molar-refractivity contribution in [2.24, 2.45) is 11.3 Å². The number of nitrogens with zero attached hydrogens (tertiary/aromatic N) is 3. The summed E-state index contributed by atoms with van der Waals surface area (Å²) >= 11 is 0. The van der Waals surface area contributed by atoms with Gasteiger partial charge in [0.05, 0.1) is 29.0 Å². The minimum absolute atomic E-state index is 0.0291. The molecule has 7 atom stereocenters. The predicted octanol–water partition coefficient (Wildman–Crippen LogP) is 6.12. The molecule has 5 bridgehead atoms.